The molecule has 0 aromatic carbocycles. The van der Waals surface area contributed by atoms with E-state index in [-0.39, 0.29) is 0 Å². The molecule has 0 nitrogen and oxygen atoms in total. The van der Waals surface area contributed by atoms with Gasteiger partial charge < -0.3 is 0 Å². The first-order chi connectivity index (χ1) is 4.35. The predicted octanol–water partition coefficient (Wildman–Crippen LogP) is 2.44. The fraction of sp³-hybridized carbons (Fsp3) is 1.00. The zero-order valence-corrected chi connectivity index (χ0v) is 7.05. The Morgan fingerprint density at radius 3 is 2.22 bits per heavy atom. The van der Waals surface area contributed by atoms with E-state index in [1.54, 1.807) is 6.42 Å². The summed E-state index contributed by atoms with van der Waals surface area (Å²) in [4.78, 5) is 0. The summed E-state index contributed by atoms with van der Waals surface area (Å²) in [6.45, 7) is 0. The van der Waals surface area contributed by atoms with Crippen molar-refractivity contribution in [3.8, 4) is 0 Å². The van der Waals surface area contributed by atoms with Gasteiger partial charge in [-0.15, -0.1) is 9.24 Å². The first-order valence-electron chi connectivity index (χ1n) is 4.05. The highest BCUT2D eigenvalue weighted by Gasteiger charge is 2.43. The van der Waals surface area contributed by atoms with E-state index in [1.807, 2.05) is 0 Å². The maximum atomic E-state index is 2.92. The van der Waals surface area contributed by atoms with E-state index in [2.05, 4.69) is 9.24 Å². The summed E-state index contributed by atoms with van der Waals surface area (Å²) in [6.07, 6.45) is 9.05. The molecule has 0 amide bonds. The smallest absolute Gasteiger partial charge is 0.0260 e. The Kier molecular flexibility index (Phi) is 1.34. The van der Waals surface area contributed by atoms with Crippen molar-refractivity contribution < 1.29 is 0 Å². The maximum absolute atomic E-state index is 2.92. The van der Waals surface area contributed by atoms with Crippen LogP contribution < -0.4 is 0 Å². The Morgan fingerprint density at radius 2 is 2.00 bits per heavy atom. The van der Waals surface area contributed by atoms with Gasteiger partial charge in [-0.25, -0.2) is 0 Å². The van der Waals surface area contributed by atoms with Crippen LogP contribution in [0.25, 0.3) is 0 Å². The molecule has 2 bridgehead atoms. The lowest BCUT2D eigenvalue weighted by atomic mass is 9.87. The van der Waals surface area contributed by atoms with Crippen LogP contribution in [0, 0.1) is 11.3 Å². The molecule has 0 saturated heterocycles. The quantitative estimate of drug-likeness (QED) is 0.493. The number of hydrogen-bond acceptors (Lipinski definition) is 0. The van der Waals surface area contributed by atoms with Gasteiger partial charge in [0.25, 0.3) is 0 Å². The summed E-state index contributed by atoms with van der Waals surface area (Å²) in [7, 11) is 2.92. The third-order valence-electron chi connectivity index (χ3n) is 3.32. The molecule has 1 unspecified atom stereocenters. The van der Waals surface area contributed by atoms with Gasteiger partial charge >= 0.3 is 0 Å². The molecule has 9 heavy (non-hydrogen) atoms. The lowest BCUT2D eigenvalue weighted by Crippen LogP contribution is -2.14. The van der Waals surface area contributed by atoms with Gasteiger partial charge in [-0.2, -0.15) is 0 Å². The van der Waals surface area contributed by atoms with E-state index >= 15 is 0 Å². The largest absolute Gasteiger partial charge is 0.137 e. The molecule has 52 valence electrons. The van der Waals surface area contributed by atoms with Crippen LogP contribution in [0.3, 0.4) is 0 Å². The lowest BCUT2D eigenvalue weighted by Gasteiger charge is -2.23. The minimum absolute atomic E-state index is 0.815. The van der Waals surface area contributed by atoms with Crippen molar-refractivity contribution in [1.82, 2.24) is 0 Å². The van der Waals surface area contributed by atoms with Gasteiger partial charge in [0.1, 0.15) is 0 Å². The SMILES string of the molecule is PCC12CCC(CC1)C2. The van der Waals surface area contributed by atoms with Crippen LogP contribution in [-0.2, 0) is 0 Å². The minimum atomic E-state index is 0.815. The molecule has 0 spiro atoms. The first-order valence-corrected chi connectivity index (χ1v) is 4.86. The van der Waals surface area contributed by atoms with E-state index < -0.39 is 0 Å². The second-order valence-corrected chi connectivity index (χ2v) is 4.26. The fourth-order valence-electron chi connectivity index (χ4n) is 2.60. The van der Waals surface area contributed by atoms with E-state index in [0.717, 1.165) is 11.3 Å². The predicted molar refractivity (Wildman–Crippen MR) is 43.6 cm³/mol. The van der Waals surface area contributed by atoms with E-state index in [1.165, 1.54) is 31.8 Å². The first kappa shape index (κ1) is 6.16. The van der Waals surface area contributed by atoms with Crippen molar-refractivity contribution in [2.75, 3.05) is 6.16 Å². The highest BCUT2D eigenvalue weighted by Crippen LogP contribution is 2.54. The molecule has 2 aliphatic carbocycles. The van der Waals surface area contributed by atoms with Gasteiger partial charge in [-0.05, 0) is 49.6 Å². The second kappa shape index (κ2) is 1.95. The molecular weight excluding hydrogens is 127 g/mol. The highest BCUT2D eigenvalue weighted by atomic mass is 31.0. The average Bonchev–Trinajstić information content (AvgIpc) is 2.46. The van der Waals surface area contributed by atoms with Crippen LogP contribution in [0.15, 0.2) is 0 Å². The summed E-state index contributed by atoms with van der Waals surface area (Å²) in [5, 5.41) is 0. The number of fused-ring (bicyclic) bond motifs is 2. The van der Waals surface area contributed by atoms with Crippen LogP contribution in [-0.4, -0.2) is 6.16 Å². The Labute approximate surface area is 59.6 Å². The molecular formula is C8H15P. The fourth-order valence-corrected chi connectivity index (χ4v) is 3.17. The van der Waals surface area contributed by atoms with Crippen LogP contribution in [0.1, 0.15) is 32.1 Å². The normalized spacial score (nSPS) is 48.3. The summed E-state index contributed by atoms with van der Waals surface area (Å²) in [6, 6.07) is 0. The third kappa shape index (κ3) is 0.835. The van der Waals surface area contributed by atoms with Gasteiger partial charge in [0, 0.05) is 0 Å². The Morgan fingerprint density at radius 1 is 1.33 bits per heavy atom. The molecule has 2 rings (SSSR count). The summed E-state index contributed by atoms with van der Waals surface area (Å²) in [5.74, 6) is 1.13. The van der Waals surface area contributed by atoms with Gasteiger partial charge in [0.2, 0.25) is 0 Å². The van der Waals surface area contributed by atoms with Crippen molar-refractivity contribution in [1.29, 1.82) is 0 Å². The number of rotatable bonds is 1. The Hall–Kier alpha value is 0.430. The maximum Gasteiger partial charge on any atom is -0.0260 e. The molecule has 0 radical (unpaired) electrons. The van der Waals surface area contributed by atoms with Crippen molar-refractivity contribution in [3.05, 3.63) is 0 Å². The molecule has 0 aromatic heterocycles. The van der Waals surface area contributed by atoms with Crippen molar-refractivity contribution in [3.63, 3.8) is 0 Å². The molecule has 1 atom stereocenters. The minimum Gasteiger partial charge on any atom is -0.137 e. The molecule has 0 aliphatic heterocycles. The third-order valence-corrected chi connectivity index (χ3v) is 4.19. The second-order valence-electron chi connectivity index (χ2n) is 3.85. The molecule has 0 heterocycles. The van der Waals surface area contributed by atoms with Crippen molar-refractivity contribution in [2.24, 2.45) is 11.3 Å². The molecule has 2 fully saturated rings. The molecule has 2 saturated carbocycles. The number of hydrogen-bond donors (Lipinski definition) is 0. The zero-order valence-electron chi connectivity index (χ0n) is 5.90. The summed E-state index contributed by atoms with van der Waals surface area (Å²) in [5.41, 5.74) is 0.815. The zero-order chi connectivity index (χ0) is 6.32. The summed E-state index contributed by atoms with van der Waals surface area (Å²) < 4.78 is 0. The van der Waals surface area contributed by atoms with E-state index in [0.29, 0.717) is 0 Å². The molecule has 0 aromatic rings. The van der Waals surface area contributed by atoms with E-state index in [9.17, 15) is 0 Å². The topological polar surface area (TPSA) is 0 Å². The van der Waals surface area contributed by atoms with Crippen LogP contribution in [0.4, 0.5) is 0 Å². The Bertz CT molecular complexity index is 112. The molecule has 2 aliphatic rings. The summed E-state index contributed by atoms with van der Waals surface area (Å²) >= 11 is 0. The van der Waals surface area contributed by atoms with Gasteiger partial charge in [0.05, 0.1) is 0 Å². The van der Waals surface area contributed by atoms with Crippen molar-refractivity contribution in [2.45, 2.75) is 32.1 Å². The van der Waals surface area contributed by atoms with Gasteiger partial charge in [-0.3, -0.25) is 0 Å². The van der Waals surface area contributed by atoms with Gasteiger partial charge in [0.15, 0.2) is 0 Å². The highest BCUT2D eigenvalue weighted by molar-refractivity contribution is 7.16. The Balaban J connectivity index is 2.13. The van der Waals surface area contributed by atoms with Crippen LogP contribution >= 0.6 is 9.24 Å². The average molecular weight is 142 g/mol. The lowest BCUT2D eigenvalue weighted by molar-refractivity contribution is 0.340. The van der Waals surface area contributed by atoms with Crippen molar-refractivity contribution >= 4 is 9.24 Å². The van der Waals surface area contributed by atoms with Gasteiger partial charge in [-0.1, -0.05) is 0 Å². The monoisotopic (exact) mass is 142 g/mol. The van der Waals surface area contributed by atoms with Crippen LogP contribution in [0.5, 0.6) is 0 Å². The van der Waals surface area contributed by atoms with Crippen LogP contribution in [0.2, 0.25) is 0 Å². The molecule has 1 heteroatoms. The standard InChI is InChI=1S/C8H15P/c9-6-8-3-1-7(5-8)2-4-8/h7H,1-6,9H2. The van der Waals surface area contributed by atoms with E-state index in [4.69, 9.17) is 0 Å². The molecule has 0 N–H and O–H groups in total.